The van der Waals surface area contributed by atoms with Gasteiger partial charge in [0.05, 0.1) is 6.54 Å². The van der Waals surface area contributed by atoms with Crippen molar-refractivity contribution in [3.63, 3.8) is 0 Å². The topological polar surface area (TPSA) is 49.6 Å². The van der Waals surface area contributed by atoms with Crippen LogP contribution in [0.15, 0.2) is 24.3 Å². The molecule has 1 aromatic carbocycles. The van der Waals surface area contributed by atoms with Crippen molar-refractivity contribution in [1.82, 2.24) is 9.80 Å². The van der Waals surface area contributed by atoms with Crippen LogP contribution in [0.2, 0.25) is 0 Å². The minimum Gasteiger partial charge on any atom is -0.340 e. The zero-order valence-electron chi connectivity index (χ0n) is 12.5. The Bertz CT molecular complexity index is 461. The second-order valence-corrected chi connectivity index (χ2v) is 5.81. The molecule has 1 saturated heterocycles. The normalized spacial score (nSPS) is 19.9. The number of nitrogens with zero attached hydrogens (tertiary/aromatic N) is 2. The molecule has 20 heavy (non-hydrogen) atoms. The first-order chi connectivity index (χ1) is 9.56. The summed E-state index contributed by atoms with van der Waals surface area (Å²) < 4.78 is 0. The first kappa shape index (κ1) is 15.0. The largest absolute Gasteiger partial charge is 0.340 e. The molecule has 0 saturated carbocycles. The number of amides is 1. The highest BCUT2D eigenvalue weighted by molar-refractivity contribution is 5.78. The van der Waals surface area contributed by atoms with Crippen molar-refractivity contribution in [2.45, 2.75) is 32.4 Å². The van der Waals surface area contributed by atoms with Crippen molar-refractivity contribution >= 4 is 5.91 Å². The van der Waals surface area contributed by atoms with Crippen molar-refractivity contribution in [1.29, 1.82) is 0 Å². The van der Waals surface area contributed by atoms with Crippen LogP contribution >= 0.6 is 0 Å². The molecule has 110 valence electrons. The zero-order chi connectivity index (χ0) is 14.5. The number of piperidine rings is 1. The van der Waals surface area contributed by atoms with Gasteiger partial charge in [-0.3, -0.25) is 9.69 Å². The molecule has 0 spiro atoms. The maximum absolute atomic E-state index is 12.3. The van der Waals surface area contributed by atoms with E-state index < -0.39 is 0 Å². The predicted octanol–water partition coefficient (Wildman–Crippen LogP) is 1.38. The Morgan fingerprint density at radius 1 is 1.45 bits per heavy atom. The van der Waals surface area contributed by atoms with Gasteiger partial charge in [0.25, 0.3) is 0 Å². The molecule has 1 heterocycles. The molecule has 2 rings (SSSR count). The standard InChI is InChI=1S/C16H25N3O/c1-13-6-3-4-7-14(13)10-18(2)16(20)12-19-9-5-8-15(17)11-19/h3-4,6-7,15H,5,8-12,17H2,1-2H3. The third kappa shape index (κ3) is 4.05. The van der Waals surface area contributed by atoms with E-state index in [9.17, 15) is 4.79 Å². The molecule has 0 aromatic heterocycles. The fourth-order valence-corrected chi connectivity index (χ4v) is 2.68. The molecule has 1 unspecified atom stereocenters. The van der Waals surface area contributed by atoms with Gasteiger partial charge in [-0.2, -0.15) is 0 Å². The fourth-order valence-electron chi connectivity index (χ4n) is 2.68. The van der Waals surface area contributed by atoms with E-state index in [2.05, 4.69) is 24.0 Å². The lowest BCUT2D eigenvalue weighted by Crippen LogP contribution is -2.47. The Morgan fingerprint density at radius 3 is 2.90 bits per heavy atom. The van der Waals surface area contributed by atoms with Crippen molar-refractivity contribution in [3.8, 4) is 0 Å². The number of benzene rings is 1. The zero-order valence-corrected chi connectivity index (χ0v) is 12.5. The lowest BCUT2D eigenvalue weighted by atomic mass is 10.1. The van der Waals surface area contributed by atoms with E-state index >= 15 is 0 Å². The van der Waals surface area contributed by atoms with E-state index in [0.717, 1.165) is 25.9 Å². The number of likely N-dealkylation sites (tertiary alicyclic amines) is 1. The third-order valence-electron chi connectivity index (χ3n) is 4.00. The molecular formula is C16H25N3O. The number of hydrogen-bond acceptors (Lipinski definition) is 3. The van der Waals surface area contributed by atoms with E-state index in [1.165, 1.54) is 11.1 Å². The number of hydrogen-bond donors (Lipinski definition) is 1. The van der Waals surface area contributed by atoms with Crippen LogP contribution in [-0.2, 0) is 11.3 Å². The highest BCUT2D eigenvalue weighted by atomic mass is 16.2. The molecule has 1 atom stereocenters. The number of likely N-dealkylation sites (N-methyl/N-ethyl adjacent to an activating group) is 1. The van der Waals surface area contributed by atoms with Gasteiger partial charge in [-0.15, -0.1) is 0 Å². The average Bonchev–Trinajstić information content (AvgIpc) is 2.41. The summed E-state index contributed by atoms with van der Waals surface area (Å²) in [7, 11) is 1.87. The Balaban J connectivity index is 1.87. The lowest BCUT2D eigenvalue weighted by Gasteiger charge is -2.31. The van der Waals surface area contributed by atoms with Gasteiger partial charge in [0.15, 0.2) is 0 Å². The highest BCUT2D eigenvalue weighted by Gasteiger charge is 2.20. The maximum Gasteiger partial charge on any atom is 0.236 e. The van der Waals surface area contributed by atoms with Crippen molar-refractivity contribution in [2.24, 2.45) is 5.73 Å². The van der Waals surface area contributed by atoms with Crippen molar-refractivity contribution in [2.75, 3.05) is 26.7 Å². The Kier molecular flexibility index (Phi) is 5.15. The van der Waals surface area contributed by atoms with Gasteiger partial charge < -0.3 is 10.6 Å². The van der Waals surface area contributed by atoms with E-state index in [4.69, 9.17) is 5.73 Å². The van der Waals surface area contributed by atoms with Gasteiger partial charge in [0, 0.05) is 26.2 Å². The minimum atomic E-state index is 0.169. The molecule has 0 aliphatic carbocycles. The van der Waals surface area contributed by atoms with E-state index in [-0.39, 0.29) is 11.9 Å². The van der Waals surface area contributed by atoms with Gasteiger partial charge >= 0.3 is 0 Å². The van der Waals surface area contributed by atoms with Crippen molar-refractivity contribution in [3.05, 3.63) is 35.4 Å². The van der Waals surface area contributed by atoms with Gasteiger partial charge in [-0.1, -0.05) is 24.3 Å². The van der Waals surface area contributed by atoms with Gasteiger partial charge in [0.1, 0.15) is 0 Å². The minimum absolute atomic E-state index is 0.169. The van der Waals surface area contributed by atoms with Crippen LogP contribution in [0.5, 0.6) is 0 Å². The third-order valence-corrected chi connectivity index (χ3v) is 4.00. The first-order valence-electron chi connectivity index (χ1n) is 7.32. The van der Waals surface area contributed by atoms with Gasteiger partial charge in [-0.25, -0.2) is 0 Å². The number of rotatable bonds is 4. The van der Waals surface area contributed by atoms with Crippen LogP contribution < -0.4 is 5.73 Å². The van der Waals surface area contributed by atoms with Crippen LogP contribution in [0.3, 0.4) is 0 Å². The summed E-state index contributed by atoms with van der Waals surface area (Å²) in [6, 6.07) is 8.42. The second kappa shape index (κ2) is 6.86. The summed E-state index contributed by atoms with van der Waals surface area (Å²) in [4.78, 5) is 16.3. The number of aryl methyl sites for hydroxylation is 1. The molecule has 1 amide bonds. The van der Waals surface area contributed by atoms with Crippen LogP contribution in [0, 0.1) is 6.92 Å². The molecule has 1 aromatic rings. The van der Waals surface area contributed by atoms with Crippen LogP contribution in [0.4, 0.5) is 0 Å². The quantitative estimate of drug-likeness (QED) is 0.903. The smallest absolute Gasteiger partial charge is 0.236 e. The van der Waals surface area contributed by atoms with Gasteiger partial charge in [-0.05, 0) is 37.4 Å². The Labute approximate surface area is 121 Å². The SMILES string of the molecule is Cc1ccccc1CN(C)C(=O)CN1CCCC(N)C1. The monoisotopic (exact) mass is 275 g/mol. The number of nitrogens with two attached hydrogens (primary N) is 1. The van der Waals surface area contributed by atoms with Gasteiger partial charge in [0.2, 0.25) is 5.91 Å². The van der Waals surface area contributed by atoms with Crippen LogP contribution in [-0.4, -0.2) is 48.4 Å². The molecule has 2 N–H and O–H groups in total. The van der Waals surface area contributed by atoms with E-state index in [1.54, 1.807) is 0 Å². The fraction of sp³-hybridized carbons (Fsp3) is 0.562. The Hall–Kier alpha value is -1.39. The first-order valence-corrected chi connectivity index (χ1v) is 7.32. The summed E-state index contributed by atoms with van der Waals surface area (Å²) in [5.41, 5.74) is 8.39. The Morgan fingerprint density at radius 2 is 2.20 bits per heavy atom. The summed E-state index contributed by atoms with van der Waals surface area (Å²) in [6.45, 7) is 5.06. The average molecular weight is 275 g/mol. The summed E-state index contributed by atoms with van der Waals surface area (Å²) in [5, 5.41) is 0. The predicted molar refractivity (Wildman–Crippen MR) is 81.3 cm³/mol. The maximum atomic E-state index is 12.3. The van der Waals surface area contributed by atoms with Crippen LogP contribution in [0.25, 0.3) is 0 Å². The molecule has 1 aliphatic rings. The van der Waals surface area contributed by atoms with Crippen LogP contribution in [0.1, 0.15) is 24.0 Å². The van der Waals surface area contributed by atoms with Crippen molar-refractivity contribution < 1.29 is 4.79 Å². The van der Waals surface area contributed by atoms with E-state index in [0.29, 0.717) is 13.1 Å². The summed E-state index contributed by atoms with van der Waals surface area (Å²) in [5.74, 6) is 0.169. The molecule has 1 fully saturated rings. The second-order valence-electron chi connectivity index (χ2n) is 5.81. The molecule has 4 heteroatoms. The number of carbonyl (C=O) groups is 1. The van der Waals surface area contributed by atoms with E-state index in [1.807, 2.05) is 24.1 Å². The molecular weight excluding hydrogens is 250 g/mol. The highest BCUT2D eigenvalue weighted by Crippen LogP contribution is 2.11. The number of carbonyl (C=O) groups excluding carboxylic acids is 1. The molecule has 0 radical (unpaired) electrons. The summed E-state index contributed by atoms with van der Waals surface area (Å²) >= 11 is 0. The lowest BCUT2D eigenvalue weighted by molar-refractivity contribution is -0.131. The molecule has 4 nitrogen and oxygen atoms in total. The molecule has 1 aliphatic heterocycles. The summed E-state index contributed by atoms with van der Waals surface area (Å²) in [6.07, 6.45) is 2.17. The molecule has 0 bridgehead atoms.